The third-order valence-corrected chi connectivity index (χ3v) is 3.76. The highest BCUT2D eigenvalue weighted by molar-refractivity contribution is 5.96. The van der Waals surface area contributed by atoms with Crippen LogP contribution in [0.15, 0.2) is 18.5 Å². The number of carbonyl (C=O) groups is 1. The van der Waals surface area contributed by atoms with Crippen LogP contribution in [0.2, 0.25) is 0 Å². The van der Waals surface area contributed by atoms with Crippen molar-refractivity contribution in [2.24, 2.45) is 11.3 Å². The minimum Gasteiger partial charge on any atom is -0.505 e. The Hall–Kier alpha value is -1.58. The van der Waals surface area contributed by atoms with Crippen LogP contribution < -0.4 is 5.32 Å². The molecule has 1 amide bonds. The molecular formula is C13H18N2O2. The second-order valence-corrected chi connectivity index (χ2v) is 5.09. The standard InChI is InChI=1S/C13H18N2O2/c1-9(2)13(4-5-13)8-15-12(17)10-3-6-14-7-11(10)16/h3,6-7,9,16H,4-5,8H2,1-2H3,(H,15,17). The van der Waals surface area contributed by atoms with E-state index in [2.05, 4.69) is 24.1 Å². The van der Waals surface area contributed by atoms with Gasteiger partial charge in [0, 0.05) is 12.7 Å². The van der Waals surface area contributed by atoms with Crippen LogP contribution in [0, 0.1) is 11.3 Å². The number of aromatic hydroxyl groups is 1. The zero-order valence-electron chi connectivity index (χ0n) is 10.2. The SMILES string of the molecule is CC(C)C1(CNC(=O)c2ccncc2O)CC1. The minimum absolute atomic E-state index is 0.0700. The van der Waals surface area contributed by atoms with Gasteiger partial charge in [-0.2, -0.15) is 0 Å². The summed E-state index contributed by atoms with van der Waals surface area (Å²) >= 11 is 0. The largest absolute Gasteiger partial charge is 0.505 e. The molecule has 4 heteroatoms. The van der Waals surface area contributed by atoms with Crippen molar-refractivity contribution in [1.29, 1.82) is 0 Å². The first kappa shape index (κ1) is 11.9. The third kappa shape index (κ3) is 2.40. The first-order chi connectivity index (χ1) is 8.05. The van der Waals surface area contributed by atoms with Gasteiger partial charge in [0.2, 0.25) is 0 Å². The molecule has 4 nitrogen and oxygen atoms in total. The molecule has 0 saturated heterocycles. The Morgan fingerprint density at radius 2 is 2.29 bits per heavy atom. The minimum atomic E-state index is -0.225. The average molecular weight is 234 g/mol. The van der Waals surface area contributed by atoms with E-state index in [1.165, 1.54) is 31.3 Å². The maximum Gasteiger partial charge on any atom is 0.255 e. The normalized spacial score (nSPS) is 16.9. The van der Waals surface area contributed by atoms with Crippen molar-refractivity contribution < 1.29 is 9.90 Å². The molecule has 1 aliphatic rings. The van der Waals surface area contributed by atoms with E-state index in [0.717, 1.165) is 0 Å². The second-order valence-electron chi connectivity index (χ2n) is 5.09. The molecule has 1 aliphatic carbocycles. The highest BCUT2D eigenvalue weighted by Gasteiger charge is 2.45. The Kier molecular flexibility index (Phi) is 3.05. The number of aromatic nitrogens is 1. The topological polar surface area (TPSA) is 62.2 Å². The van der Waals surface area contributed by atoms with Crippen LogP contribution in [-0.4, -0.2) is 22.5 Å². The van der Waals surface area contributed by atoms with Gasteiger partial charge in [-0.3, -0.25) is 9.78 Å². The second kappa shape index (κ2) is 4.35. The molecular weight excluding hydrogens is 216 g/mol. The molecule has 0 aromatic carbocycles. The summed E-state index contributed by atoms with van der Waals surface area (Å²) in [5.41, 5.74) is 0.567. The number of hydrogen-bond donors (Lipinski definition) is 2. The first-order valence-electron chi connectivity index (χ1n) is 5.96. The van der Waals surface area contributed by atoms with Gasteiger partial charge in [-0.15, -0.1) is 0 Å². The van der Waals surface area contributed by atoms with E-state index < -0.39 is 0 Å². The van der Waals surface area contributed by atoms with Crippen molar-refractivity contribution in [1.82, 2.24) is 10.3 Å². The molecule has 0 radical (unpaired) electrons. The fourth-order valence-electron chi connectivity index (χ4n) is 2.05. The molecule has 0 aliphatic heterocycles. The van der Waals surface area contributed by atoms with E-state index in [1.807, 2.05) is 0 Å². The molecule has 1 aromatic heterocycles. The van der Waals surface area contributed by atoms with Gasteiger partial charge in [0.15, 0.2) is 0 Å². The van der Waals surface area contributed by atoms with Crippen molar-refractivity contribution in [3.63, 3.8) is 0 Å². The van der Waals surface area contributed by atoms with Crippen molar-refractivity contribution >= 4 is 5.91 Å². The van der Waals surface area contributed by atoms with Gasteiger partial charge >= 0.3 is 0 Å². The summed E-state index contributed by atoms with van der Waals surface area (Å²) in [4.78, 5) is 15.6. The van der Waals surface area contributed by atoms with Crippen LogP contribution in [0.4, 0.5) is 0 Å². The highest BCUT2D eigenvalue weighted by Crippen LogP contribution is 2.51. The summed E-state index contributed by atoms with van der Waals surface area (Å²) in [7, 11) is 0. The first-order valence-corrected chi connectivity index (χ1v) is 5.96. The van der Waals surface area contributed by atoms with Gasteiger partial charge < -0.3 is 10.4 Å². The summed E-state index contributed by atoms with van der Waals surface area (Å²) in [6.07, 6.45) is 5.13. The van der Waals surface area contributed by atoms with E-state index >= 15 is 0 Å². The van der Waals surface area contributed by atoms with Crippen LogP contribution in [0.3, 0.4) is 0 Å². The lowest BCUT2D eigenvalue weighted by molar-refractivity contribution is 0.0937. The lowest BCUT2D eigenvalue weighted by Gasteiger charge is -2.20. The van der Waals surface area contributed by atoms with Crippen LogP contribution in [-0.2, 0) is 0 Å². The van der Waals surface area contributed by atoms with E-state index in [-0.39, 0.29) is 17.1 Å². The number of hydrogen-bond acceptors (Lipinski definition) is 3. The molecule has 92 valence electrons. The van der Waals surface area contributed by atoms with E-state index in [1.54, 1.807) is 0 Å². The summed E-state index contributed by atoms with van der Waals surface area (Å²) in [6, 6.07) is 1.53. The Morgan fingerprint density at radius 1 is 1.59 bits per heavy atom. The van der Waals surface area contributed by atoms with E-state index in [4.69, 9.17) is 0 Å². The van der Waals surface area contributed by atoms with Gasteiger partial charge in [-0.05, 0) is 30.2 Å². The van der Waals surface area contributed by atoms with Gasteiger partial charge in [-0.1, -0.05) is 13.8 Å². The molecule has 17 heavy (non-hydrogen) atoms. The van der Waals surface area contributed by atoms with E-state index in [0.29, 0.717) is 18.0 Å². The van der Waals surface area contributed by atoms with Crippen molar-refractivity contribution in [2.45, 2.75) is 26.7 Å². The predicted molar refractivity (Wildman–Crippen MR) is 64.7 cm³/mol. The van der Waals surface area contributed by atoms with Gasteiger partial charge in [0.05, 0.1) is 11.8 Å². The smallest absolute Gasteiger partial charge is 0.255 e. The molecule has 0 unspecified atom stereocenters. The van der Waals surface area contributed by atoms with Crippen LogP contribution in [0.5, 0.6) is 5.75 Å². The lowest BCUT2D eigenvalue weighted by Crippen LogP contribution is -2.32. The monoisotopic (exact) mass is 234 g/mol. The average Bonchev–Trinajstić information content (AvgIpc) is 3.07. The fourth-order valence-corrected chi connectivity index (χ4v) is 2.05. The zero-order chi connectivity index (χ0) is 12.5. The van der Waals surface area contributed by atoms with Crippen LogP contribution in [0.1, 0.15) is 37.0 Å². The summed E-state index contributed by atoms with van der Waals surface area (Å²) in [6.45, 7) is 5.05. The third-order valence-electron chi connectivity index (χ3n) is 3.76. The van der Waals surface area contributed by atoms with Gasteiger partial charge in [0.1, 0.15) is 5.75 Å². The Balaban J connectivity index is 1.97. The van der Waals surface area contributed by atoms with Crippen molar-refractivity contribution in [3.8, 4) is 5.75 Å². The fraction of sp³-hybridized carbons (Fsp3) is 0.538. The summed E-state index contributed by atoms with van der Waals surface area (Å²) in [5, 5.41) is 12.4. The molecule has 2 N–H and O–H groups in total. The van der Waals surface area contributed by atoms with Crippen LogP contribution in [0.25, 0.3) is 0 Å². The van der Waals surface area contributed by atoms with Gasteiger partial charge in [-0.25, -0.2) is 0 Å². The predicted octanol–water partition coefficient (Wildman–Crippen LogP) is 1.95. The lowest BCUT2D eigenvalue weighted by atomic mass is 9.92. The molecule has 1 heterocycles. The highest BCUT2D eigenvalue weighted by atomic mass is 16.3. The molecule has 0 spiro atoms. The number of nitrogens with one attached hydrogen (secondary N) is 1. The number of amides is 1. The number of carbonyl (C=O) groups excluding carboxylic acids is 1. The number of nitrogens with zero attached hydrogens (tertiary/aromatic N) is 1. The summed E-state index contributed by atoms with van der Waals surface area (Å²) in [5.74, 6) is 0.282. The van der Waals surface area contributed by atoms with Crippen molar-refractivity contribution in [2.75, 3.05) is 6.54 Å². The Labute approximate surface area is 101 Å². The molecule has 1 aromatic rings. The van der Waals surface area contributed by atoms with Crippen LogP contribution >= 0.6 is 0 Å². The number of rotatable bonds is 4. The molecule has 2 rings (SSSR count). The molecule has 1 fully saturated rings. The number of pyridine rings is 1. The molecule has 1 saturated carbocycles. The maximum atomic E-state index is 11.9. The molecule has 0 bridgehead atoms. The quantitative estimate of drug-likeness (QED) is 0.837. The van der Waals surface area contributed by atoms with Gasteiger partial charge in [0.25, 0.3) is 5.91 Å². The van der Waals surface area contributed by atoms with E-state index in [9.17, 15) is 9.90 Å². The molecule has 0 atom stereocenters. The maximum absolute atomic E-state index is 11.9. The zero-order valence-corrected chi connectivity index (χ0v) is 10.2. The Bertz CT molecular complexity index is 425. The van der Waals surface area contributed by atoms with Crippen molar-refractivity contribution in [3.05, 3.63) is 24.0 Å². The summed E-state index contributed by atoms with van der Waals surface area (Å²) < 4.78 is 0. The Morgan fingerprint density at radius 3 is 2.82 bits per heavy atom.